The third-order valence-corrected chi connectivity index (χ3v) is 4.35. The number of hydrogen-bond acceptors (Lipinski definition) is 4. The number of para-hydroxylation sites is 1. The average molecular weight is 321 g/mol. The molecule has 1 aliphatic heterocycles. The lowest BCUT2D eigenvalue weighted by Gasteiger charge is -2.21. The van der Waals surface area contributed by atoms with Crippen molar-refractivity contribution in [1.29, 1.82) is 0 Å². The van der Waals surface area contributed by atoms with Crippen LogP contribution >= 0.6 is 0 Å². The van der Waals surface area contributed by atoms with Gasteiger partial charge in [0.05, 0.1) is 17.3 Å². The maximum atomic E-state index is 13.1. The number of hydrogen-bond donors (Lipinski definition) is 1. The predicted molar refractivity (Wildman–Crippen MR) is 92.8 cm³/mol. The zero-order valence-electron chi connectivity index (χ0n) is 13.4. The van der Waals surface area contributed by atoms with E-state index in [1.165, 1.54) is 0 Å². The first-order valence-electron chi connectivity index (χ1n) is 8.26. The molecule has 0 spiro atoms. The van der Waals surface area contributed by atoms with E-state index >= 15 is 0 Å². The van der Waals surface area contributed by atoms with Gasteiger partial charge in [-0.3, -0.25) is 4.79 Å². The van der Waals surface area contributed by atoms with E-state index in [4.69, 9.17) is 4.42 Å². The van der Waals surface area contributed by atoms with Gasteiger partial charge in [-0.15, -0.1) is 0 Å². The quantitative estimate of drug-likeness (QED) is 0.788. The van der Waals surface area contributed by atoms with Crippen LogP contribution in [0.3, 0.4) is 0 Å². The van der Waals surface area contributed by atoms with Crippen molar-refractivity contribution >= 4 is 16.8 Å². The maximum Gasteiger partial charge on any atom is 0.254 e. The van der Waals surface area contributed by atoms with E-state index < -0.39 is 0 Å². The Morgan fingerprint density at radius 3 is 2.92 bits per heavy atom. The number of furan rings is 1. The second-order valence-corrected chi connectivity index (χ2v) is 5.95. The van der Waals surface area contributed by atoms with Crippen LogP contribution in [0.15, 0.2) is 53.1 Å². The minimum Gasteiger partial charge on any atom is -0.463 e. The number of nitrogens with one attached hydrogen (secondary N) is 1. The van der Waals surface area contributed by atoms with Crippen molar-refractivity contribution in [2.24, 2.45) is 0 Å². The summed E-state index contributed by atoms with van der Waals surface area (Å²) in [5.41, 5.74) is 2.19. The van der Waals surface area contributed by atoms with Crippen molar-refractivity contribution < 1.29 is 9.21 Å². The molecule has 1 amide bonds. The molecule has 1 fully saturated rings. The van der Waals surface area contributed by atoms with Gasteiger partial charge in [0.2, 0.25) is 0 Å². The molecular formula is C19H19N3O2. The van der Waals surface area contributed by atoms with Gasteiger partial charge < -0.3 is 14.6 Å². The second kappa shape index (κ2) is 6.45. The summed E-state index contributed by atoms with van der Waals surface area (Å²) in [6.45, 7) is 3.29. The zero-order chi connectivity index (χ0) is 16.4. The van der Waals surface area contributed by atoms with Crippen LogP contribution in [0.25, 0.3) is 22.4 Å². The van der Waals surface area contributed by atoms with Crippen LogP contribution in [0, 0.1) is 0 Å². The monoisotopic (exact) mass is 321 g/mol. The summed E-state index contributed by atoms with van der Waals surface area (Å²) < 4.78 is 5.47. The zero-order valence-corrected chi connectivity index (χ0v) is 13.4. The molecule has 0 saturated carbocycles. The van der Waals surface area contributed by atoms with Crippen molar-refractivity contribution in [2.75, 3.05) is 26.2 Å². The van der Waals surface area contributed by atoms with Crippen molar-refractivity contribution in [3.8, 4) is 11.5 Å². The lowest BCUT2D eigenvalue weighted by Crippen LogP contribution is -2.34. The van der Waals surface area contributed by atoms with E-state index in [1.807, 2.05) is 47.4 Å². The number of pyridine rings is 1. The first-order valence-corrected chi connectivity index (χ1v) is 8.26. The van der Waals surface area contributed by atoms with Gasteiger partial charge in [0.1, 0.15) is 5.69 Å². The van der Waals surface area contributed by atoms with Gasteiger partial charge in [-0.25, -0.2) is 4.98 Å². The van der Waals surface area contributed by atoms with Crippen molar-refractivity contribution in [2.45, 2.75) is 6.42 Å². The van der Waals surface area contributed by atoms with E-state index in [0.717, 1.165) is 43.5 Å². The summed E-state index contributed by atoms with van der Waals surface area (Å²) in [4.78, 5) is 19.7. The third-order valence-electron chi connectivity index (χ3n) is 4.35. The fourth-order valence-corrected chi connectivity index (χ4v) is 3.12. The summed E-state index contributed by atoms with van der Waals surface area (Å²) in [5.74, 6) is 0.734. The summed E-state index contributed by atoms with van der Waals surface area (Å²) in [6.07, 6.45) is 2.59. The number of amides is 1. The molecule has 24 heavy (non-hydrogen) atoms. The second-order valence-electron chi connectivity index (χ2n) is 5.95. The molecule has 3 aromatic rings. The number of rotatable bonds is 2. The summed E-state index contributed by atoms with van der Waals surface area (Å²) in [5, 5.41) is 4.22. The smallest absolute Gasteiger partial charge is 0.254 e. The Morgan fingerprint density at radius 2 is 2.04 bits per heavy atom. The molecule has 0 atom stereocenters. The lowest BCUT2D eigenvalue weighted by molar-refractivity contribution is 0.0768. The molecule has 5 heteroatoms. The van der Waals surface area contributed by atoms with Crippen LogP contribution in [-0.4, -0.2) is 42.0 Å². The van der Waals surface area contributed by atoms with Crippen molar-refractivity contribution in [3.05, 3.63) is 54.3 Å². The molecule has 0 unspecified atom stereocenters. The Hall–Kier alpha value is -2.66. The maximum absolute atomic E-state index is 13.1. The molecule has 4 rings (SSSR count). The van der Waals surface area contributed by atoms with E-state index in [-0.39, 0.29) is 5.91 Å². The summed E-state index contributed by atoms with van der Waals surface area (Å²) >= 11 is 0. The number of fused-ring (bicyclic) bond motifs is 1. The van der Waals surface area contributed by atoms with E-state index in [0.29, 0.717) is 17.0 Å². The Morgan fingerprint density at radius 1 is 1.12 bits per heavy atom. The molecule has 3 heterocycles. The van der Waals surface area contributed by atoms with Crippen LogP contribution in [0.4, 0.5) is 0 Å². The molecule has 0 aliphatic carbocycles. The third kappa shape index (κ3) is 2.78. The normalized spacial score (nSPS) is 15.4. The molecule has 5 nitrogen and oxygen atoms in total. The fourth-order valence-electron chi connectivity index (χ4n) is 3.12. The van der Waals surface area contributed by atoms with E-state index in [2.05, 4.69) is 10.3 Å². The first-order chi connectivity index (χ1) is 11.8. The predicted octanol–water partition coefficient (Wildman–Crippen LogP) is 2.93. The highest BCUT2D eigenvalue weighted by atomic mass is 16.3. The van der Waals surface area contributed by atoms with Crippen LogP contribution in [0.2, 0.25) is 0 Å². The van der Waals surface area contributed by atoms with Gasteiger partial charge >= 0.3 is 0 Å². The van der Waals surface area contributed by atoms with Crippen LogP contribution < -0.4 is 5.32 Å². The minimum atomic E-state index is 0.0603. The molecule has 122 valence electrons. The molecule has 1 saturated heterocycles. The van der Waals surface area contributed by atoms with Gasteiger partial charge in [-0.1, -0.05) is 18.2 Å². The highest BCUT2D eigenvalue weighted by molar-refractivity contribution is 6.07. The van der Waals surface area contributed by atoms with E-state index in [9.17, 15) is 4.79 Å². The van der Waals surface area contributed by atoms with Crippen molar-refractivity contribution in [1.82, 2.24) is 15.2 Å². The molecule has 1 aromatic carbocycles. The highest BCUT2D eigenvalue weighted by Gasteiger charge is 2.21. The fraction of sp³-hybridized carbons (Fsp3) is 0.263. The summed E-state index contributed by atoms with van der Waals surface area (Å²) in [7, 11) is 0. The molecule has 0 radical (unpaired) electrons. The Labute approximate surface area is 140 Å². The standard InChI is InChI=1S/C19H19N3O2/c23-19(22-10-4-8-20-9-11-22)15-13-17(18-7-3-12-24-18)21-16-6-2-1-5-14(15)16/h1-3,5-7,12-13,20H,4,8-11H2. The number of nitrogens with zero attached hydrogens (tertiary/aromatic N) is 2. The first kappa shape index (κ1) is 14.9. The molecule has 2 aromatic heterocycles. The van der Waals surface area contributed by atoms with Crippen LogP contribution in [0.1, 0.15) is 16.8 Å². The Balaban J connectivity index is 1.82. The van der Waals surface area contributed by atoms with Gasteiger partial charge in [-0.05, 0) is 37.2 Å². The van der Waals surface area contributed by atoms with Gasteiger partial charge in [0, 0.05) is 25.0 Å². The van der Waals surface area contributed by atoms with E-state index in [1.54, 1.807) is 6.26 Å². The highest BCUT2D eigenvalue weighted by Crippen LogP contribution is 2.26. The van der Waals surface area contributed by atoms with Gasteiger partial charge in [-0.2, -0.15) is 0 Å². The number of benzene rings is 1. The van der Waals surface area contributed by atoms with Gasteiger partial charge in [0.15, 0.2) is 5.76 Å². The Kier molecular flexibility index (Phi) is 4.01. The lowest BCUT2D eigenvalue weighted by atomic mass is 10.1. The number of aromatic nitrogens is 1. The average Bonchev–Trinajstić information content (AvgIpc) is 3.03. The minimum absolute atomic E-state index is 0.0603. The SMILES string of the molecule is O=C(c1cc(-c2ccco2)nc2ccccc12)N1CCCNCC1. The largest absolute Gasteiger partial charge is 0.463 e. The van der Waals surface area contributed by atoms with Crippen molar-refractivity contribution in [3.63, 3.8) is 0 Å². The molecule has 0 bridgehead atoms. The molecule has 1 aliphatic rings. The Bertz CT molecular complexity index is 850. The number of carbonyl (C=O) groups is 1. The van der Waals surface area contributed by atoms with Crippen LogP contribution in [-0.2, 0) is 0 Å². The molecule has 1 N–H and O–H groups in total. The topological polar surface area (TPSA) is 58.4 Å². The number of carbonyl (C=O) groups excluding carboxylic acids is 1. The van der Waals surface area contributed by atoms with Gasteiger partial charge in [0.25, 0.3) is 5.91 Å². The molecular weight excluding hydrogens is 302 g/mol. The summed E-state index contributed by atoms with van der Waals surface area (Å²) in [6, 6.07) is 13.3. The van der Waals surface area contributed by atoms with Crippen LogP contribution in [0.5, 0.6) is 0 Å².